The molecule has 2 rings (SSSR count). The molecule has 1 unspecified atom stereocenters. The second-order valence-electron chi connectivity index (χ2n) is 6.49. The maximum Gasteiger partial charge on any atom is 0.325 e. The average molecular weight is 295 g/mol. The molecule has 0 aliphatic carbocycles. The molecule has 1 saturated heterocycles. The van der Waals surface area contributed by atoms with Crippen LogP contribution in [-0.2, 0) is 16.8 Å². The highest BCUT2D eigenvalue weighted by atomic mass is 32.1. The molecule has 2 heterocycles. The number of hydrogen-bond acceptors (Lipinski definition) is 4. The number of aromatic nitrogens is 1. The normalized spacial score (nSPS) is 19.9. The molecule has 5 nitrogen and oxygen atoms in total. The molecule has 1 N–H and O–H groups in total. The van der Waals surface area contributed by atoms with Crippen molar-refractivity contribution >= 4 is 23.3 Å². The van der Waals surface area contributed by atoms with E-state index >= 15 is 0 Å². The minimum absolute atomic E-state index is 0.0132. The summed E-state index contributed by atoms with van der Waals surface area (Å²) >= 11 is 1.57. The predicted octanol–water partition coefficient (Wildman–Crippen LogP) is 2.52. The summed E-state index contributed by atoms with van der Waals surface area (Å²) < 4.78 is 0. The SMILES string of the molecule is CC(C)C1NC(=O)N(Cc2csc(C(C)(C)C)n2)C1=O. The lowest BCUT2D eigenvalue weighted by atomic mass is 9.98. The molecular weight excluding hydrogens is 274 g/mol. The molecule has 0 saturated carbocycles. The van der Waals surface area contributed by atoms with Crippen molar-refractivity contribution in [1.29, 1.82) is 0 Å². The number of nitrogens with one attached hydrogen (secondary N) is 1. The first-order chi connectivity index (χ1) is 9.20. The maximum atomic E-state index is 12.2. The van der Waals surface area contributed by atoms with E-state index < -0.39 is 6.04 Å². The Hall–Kier alpha value is -1.43. The van der Waals surface area contributed by atoms with Crippen molar-refractivity contribution in [2.45, 2.75) is 52.6 Å². The van der Waals surface area contributed by atoms with E-state index in [0.29, 0.717) is 0 Å². The number of hydrogen-bond donors (Lipinski definition) is 1. The van der Waals surface area contributed by atoms with Gasteiger partial charge in [-0.25, -0.2) is 9.78 Å². The Morgan fingerprint density at radius 2 is 2.05 bits per heavy atom. The fourth-order valence-electron chi connectivity index (χ4n) is 2.03. The van der Waals surface area contributed by atoms with Crippen LogP contribution in [-0.4, -0.2) is 27.9 Å². The number of amides is 3. The smallest absolute Gasteiger partial charge is 0.325 e. The number of carbonyl (C=O) groups excluding carboxylic acids is 2. The number of carbonyl (C=O) groups is 2. The van der Waals surface area contributed by atoms with Crippen molar-refractivity contribution in [2.75, 3.05) is 0 Å². The lowest BCUT2D eigenvalue weighted by Gasteiger charge is -2.15. The number of rotatable bonds is 3. The van der Waals surface area contributed by atoms with Crippen molar-refractivity contribution in [2.24, 2.45) is 5.92 Å². The monoisotopic (exact) mass is 295 g/mol. The third-order valence-electron chi connectivity index (χ3n) is 3.24. The number of nitrogens with zero attached hydrogens (tertiary/aromatic N) is 2. The van der Waals surface area contributed by atoms with E-state index in [0.717, 1.165) is 10.7 Å². The molecule has 1 aliphatic rings. The first-order valence-corrected chi connectivity index (χ1v) is 7.65. The Kier molecular flexibility index (Phi) is 3.86. The topological polar surface area (TPSA) is 62.3 Å². The molecule has 1 atom stereocenters. The van der Waals surface area contributed by atoms with Gasteiger partial charge >= 0.3 is 6.03 Å². The van der Waals surface area contributed by atoms with Crippen molar-refractivity contribution < 1.29 is 9.59 Å². The molecule has 1 aromatic heterocycles. The van der Waals surface area contributed by atoms with Crippen LogP contribution in [0.4, 0.5) is 4.79 Å². The third kappa shape index (κ3) is 2.85. The summed E-state index contributed by atoms with van der Waals surface area (Å²) in [5.74, 6) is -0.0627. The maximum absolute atomic E-state index is 12.2. The summed E-state index contributed by atoms with van der Waals surface area (Å²) in [6.45, 7) is 10.4. The van der Waals surface area contributed by atoms with E-state index in [2.05, 4.69) is 31.1 Å². The largest absolute Gasteiger partial charge is 0.326 e. The third-order valence-corrected chi connectivity index (χ3v) is 4.55. The molecule has 110 valence electrons. The van der Waals surface area contributed by atoms with E-state index in [1.54, 1.807) is 11.3 Å². The molecular formula is C14H21N3O2S. The van der Waals surface area contributed by atoms with Gasteiger partial charge in [0.15, 0.2) is 0 Å². The molecule has 6 heteroatoms. The van der Waals surface area contributed by atoms with E-state index in [4.69, 9.17) is 0 Å². The summed E-state index contributed by atoms with van der Waals surface area (Å²) in [7, 11) is 0. The first-order valence-electron chi connectivity index (χ1n) is 6.77. The van der Waals surface area contributed by atoms with Crippen LogP contribution in [0, 0.1) is 5.92 Å². The Labute approximate surface area is 123 Å². The van der Waals surface area contributed by atoms with Crippen molar-refractivity contribution in [3.8, 4) is 0 Å². The van der Waals surface area contributed by atoms with Gasteiger partial charge in [-0.2, -0.15) is 0 Å². The molecule has 0 spiro atoms. The van der Waals surface area contributed by atoms with Crippen LogP contribution < -0.4 is 5.32 Å². The minimum atomic E-state index is -0.414. The van der Waals surface area contributed by atoms with Gasteiger partial charge in [0.1, 0.15) is 6.04 Å². The van der Waals surface area contributed by atoms with Gasteiger partial charge in [0.2, 0.25) is 0 Å². The zero-order chi connectivity index (χ0) is 15.1. The Balaban J connectivity index is 2.12. The highest BCUT2D eigenvalue weighted by molar-refractivity contribution is 7.09. The summed E-state index contributed by atoms with van der Waals surface area (Å²) in [5.41, 5.74) is 0.758. The van der Waals surface area contributed by atoms with Crippen LogP contribution in [0.2, 0.25) is 0 Å². The molecule has 1 fully saturated rings. The van der Waals surface area contributed by atoms with Gasteiger partial charge in [0.25, 0.3) is 5.91 Å². The number of imide groups is 1. The van der Waals surface area contributed by atoms with Crippen molar-refractivity contribution in [3.05, 3.63) is 16.1 Å². The van der Waals surface area contributed by atoms with Crippen molar-refractivity contribution in [1.82, 2.24) is 15.2 Å². The zero-order valence-corrected chi connectivity index (χ0v) is 13.4. The van der Waals surface area contributed by atoms with Gasteiger partial charge in [-0.1, -0.05) is 34.6 Å². The Morgan fingerprint density at radius 1 is 1.40 bits per heavy atom. The first kappa shape index (κ1) is 15.0. The van der Waals surface area contributed by atoms with Gasteiger partial charge < -0.3 is 5.32 Å². The molecule has 1 aliphatic heterocycles. The molecule has 3 amide bonds. The number of thiazole rings is 1. The molecule has 0 aromatic carbocycles. The molecule has 0 bridgehead atoms. The van der Waals surface area contributed by atoms with Crippen LogP contribution >= 0.6 is 11.3 Å². The summed E-state index contributed by atoms with van der Waals surface area (Å²) in [4.78, 5) is 29.8. The minimum Gasteiger partial charge on any atom is -0.326 e. The van der Waals surface area contributed by atoms with Gasteiger partial charge in [0, 0.05) is 10.8 Å². The highest BCUT2D eigenvalue weighted by Gasteiger charge is 2.39. The second kappa shape index (κ2) is 5.16. The van der Waals surface area contributed by atoms with Gasteiger partial charge in [0.05, 0.1) is 17.2 Å². The Bertz CT molecular complexity index is 531. The van der Waals surface area contributed by atoms with Crippen LogP contribution in [0.1, 0.15) is 45.3 Å². The van der Waals surface area contributed by atoms with E-state index in [-0.39, 0.29) is 29.8 Å². The van der Waals surface area contributed by atoms with Crippen LogP contribution in [0.3, 0.4) is 0 Å². The zero-order valence-electron chi connectivity index (χ0n) is 12.6. The van der Waals surface area contributed by atoms with Crippen LogP contribution in [0.15, 0.2) is 5.38 Å². The highest BCUT2D eigenvalue weighted by Crippen LogP contribution is 2.26. The van der Waals surface area contributed by atoms with Gasteiger partial charge in [-0.3, -0.25) is 9.69 Å². The van der Waals surface area contributed by atoms with Crippen LogP contribution in [0.25, 0.3) is 0 Å². The van der Waals surface area contributed by atoms with E-state index in [9.17, 15) is 9.59 Å². The van der Waals surface area contributed by atoms with Gasteiger partial charge in [-0.05, 0) is 5.92 Å². The van der Waals surface area contributed by atoms with Crippen LogP contribution in [0.5, 0.6) is 0 Å². The molecule has 0 radical (unpaired) electrons. The molecule has 1 aromatic rings. The standard InChI is InChI=1S/C14H21N3O2S/c1-8(2)10-11(18)17(13(19)16-10)6-9-7-20-12(15-9)14(3,4)5/h7-8,10H,6H2,1-5H3,(H,16,19). The van der Waals surface area contributed by atoms with Gasteiger partial charge in [-0.15, -0.1) is 11.3 Å². The lowest BCUT2D eigenvalue weighted by Crippen LogP contribution is -2.34. The average Bonchev–Trinajstić information content (AvgIpc) is 2.88. The molecule has 20 heavy (non-hydrogen) atoms. The summed E-state index contributed by atoms with van der Waals surface area (Å²) in [5, 5.41) is 5.66. The number of urea groups is 1. The Morgan fingerprint density at radius 3 is 2.50 bits per heavy atom. The predicted molar refractivity (Wildman–Crippen MR) is 78.5 cm³/mol. The lowest BCUT2D eigenvalue weighted by molar-refractivity contribution is -0.128. The van der Waals surface area contributed by atoms with Crippen molar-refractivity contribution in [3.63, 3.8) is 0 Å². The quantitative estimate of drug-likeness (QED) is 0.872. The fourth-order valence-corrected chi connectivity index (χ4v) is 2.93. The fraction of sp³-hybridized carbons (Fsp3) is 0.643. The second-order valence-corrected chi connectivity index (χ2v) is 7.35. The summed E-state index contributed by atoms with van der Waals surface area (Å²) in [6, 6.07) is -0.734. The summed E-state index contributed by atoms with van der Waals surface area (Å²) in [6.07, 6.45) is 0. The van der Waals surface area contributed by atoms with E-state index in [1.807, 2.05) is 19.2 Å². The van der Waals surface area contributed by atoms with E-state index in [1.165, 1.54) is 4.90 Å².